The van der Waals surface area contributed by atoms with Crippen molar-refractivity contribution < 1.29 is 14.8 Å². The number of aryl methyl sites for hydroxylation is 1. The minimum atomic E-state index is -0.521. The van der Waals surface area contributed by atoms with Crippen LogP contribution in [0.4, 0.5) is 0 Å². The molecule has 144 valence electrons. The van der Waals surface area contributed by atoms with Gasteiger partial charge in [0.25, 0.3) is 5.91 Å². The molecule has 1 atom stereocenters. The highest BCUT2D eigenvalue weighted by Crippen LogP contribution is 2.43. The maximum Gasteiger partial charge on any atom is 0.274 e. The van der Waals surface area contributed by atoms with E-state index in [9.17, 15) is 9.59 Å². The number of rotatable bonds is 4. The van der Waals surface area contributed by atoms with Crippen LogP contribution >= 0.6 is 0 Å². The highest BCUT2D eigenvalue weighted by molar-refractivity contribution is 5.93. The highest BCUT2D eigenvalue weighted by atomic mass is 16.5. The van der Waals surface area contributed by atoms with Gasteiger partial charge in [-0.2, -0.15) is 0 Å². The fraction of sp³-hybridized carbons (Fsp3) is 0.304. The van der Waals surface area contributed by atoms with E-state index in [0.717, 1.165) is 36.9 Å². The van der Waals surface area contributed by atoms with Crippen LogP contribution < -0.4 is 5.48 Å². The fourth-order valence-electron chi connectivity index (χ4n) is 4.41. The van der Waals surface area contributed by atoms with Gasteiger partial charge in [0.05, 0.1) is 5.41 Å². The van der Waals surface area contributed by atoms with Gasteiger partial charge in [-0.1, -0.05) is 48.6 Å². The van der Waals surface area contributed by atoms with Gasteiger partial charge >= 0.3 is 0 Å². The highest BCUT2D eigenvalue weighted by Gasteiger charge is 2.47. The van der Waals surface area contributed by atoms with Crippen LogP contribution in [0.3, 0.4) is 0 Å². The molecule has 1 spiro atoms. The summed E-state index contributed by atoms with van der Waals surface area (Å²) in [5.41, 5.74) is 5.11. The van der Waals surface area contributed by atoms with Gasteiger partial charge in [0.1, 0.15) is 0 Å². The molecule has 2 aromatic carbocycles. The summed E-state index contributed by atoms with van der Waals surface area (Å²) in [6.45, 7) is 1.39. The van der Waals surface area contributed by atoms with Crippen LogP contribution in [0.25, 0.3) is 6.08 Å². The summed E-state index contributed by atoms with van der Waals surface area (Å²) >= 11 is 0. The van der Waals surface area contributed by atoms with Crippen LogP contribution in [0.5, 0.6) is 0 Å². The SMILES string of the molecule is O=C(NO)c1ccc2c(c1)C[C@]1(CC2)CCN(C/C=C/c2ccccc2)C1=O. The van der Waals surface area contributed by atoms with E-state index in [1.54, 1.807) is 11.5 Å². The lowest BCUT2D eigenvalue weighted by atomic mass is 9.70. The van der Waals surface area contributed by atoms with Crippen molar-refractivity contribution in [1.82, 2.24) is 10.4 Å². The molecule has 0 unspecified atom stereocenters. The molecule has 1 heterocycles. The lowest BCUT2D eigenvalue weighted by Crippen LogP contribution is -2.38. The van der Waals surface area contributed by atoms with Gasteiger partial charge in [0.15, 0.2) is 0 Å². The molecule has 4 rings (SSSR count). The van der Waals surface area contributed by atoms with E-state index in [0.29, 0.717) is 18.5 Å². The molecule has 5 heteroatoms. The van der Waals surface area contributed by atoms with Crippen molar-refractivity contribution in [2.24, 2.45) is 5.41 Å². The average molecular weight is 376 g/mol. The van der Waals surface area contributed by atoms with Gasteiger partial charge < -0.3 is 4.90 Å². The quantitative estimate of drug-likeness (QED) is 0.636. The Morgan fingerprint density at radius 2 is 1.96 bits per heavy atom. The lowest BCUT2D eigenvalue weighted by molar-refractivity contribution is -0.136. The molecule has 1 fully saturated rings. The van der Waals surface area contributed by atoms with E-state index in [-0.39, 0.29) is 11.3 Å². The van der Waals surface area contributed by atoms with E-state index >= 15 is 0 Å². The summed E-state index contributed by atoms with van der Waals surface area (Å²) < 4.78 is 0. The Morgan fingerprint density at radius 3 is 2.75 bits per heavy atom. The third-order valence-electron chi connectivity index (χ3n) is 6.01. The van der Waals surface area contributed by atoms with Crippen LogP contribution in [-0.2, 0) is 17.6 Å². The van der Waals surface area contributed by atoms with Crippen molar-refractivity contribution in [3.63, 3.8) is 0 Å². The second-order valence-electron chi connectivity index (χ2n) is 7.70. The van der Waals surface area contributed by atoms with Gasteiger partial charge in [-0.25, -0.2) is 5.48 Å². The summed E-state index contributed by atoms with van der Waals surface area (Å²) in [7, 11) is 0. The largest absolute Gasteiger partial charge is 0.338 e. The predicted molar refractivity (Wildman–Crippen MR) is 107 cm³/mol. The predicted octanol–water partition coefficient (Wildman–Crippen LogP) is 3.23. The zero-order valence-corrected chi connectivity index (χ0v) is 15.7. The maximum atomic E-state index is 13.2. The second-order valence-corrected chi connectivity index (χ2v) is 7.70. The molecule has 2 amide bonds. The summed E-state index contributed by atoms with van der Waals surface area (Å²) in [5.74, 6) is -0.305. The monoisotopic (exact) mass is 376 g/mol. The van der Waals surface area contributed by atoms with Crippen LogP contribution in [-0.4, -0.2) is 35.0 Å². The number of hydrogen-bond donors (Lipinski definition) is 2. The molecule has 28 heavy (non-hydrogen) atoms. The number of nitrogens with zero attached hydrogens (tertiary/aromatic N) is 1. The van der Waals surface area contributed by atoms with Crippen LogP contribution in [0, 0.1) is 5.41 Å². The number of amides is 2. The standard InChI is InChI=1S/C23H24N2O3/c26-21(24-28)19-9-8-18-10-11-23(16-20(18)15-19)12-14-25(22(23)27)13-4-7-17-5-2-1-3-6-17/h1-9,15,28H,10-14,16H2,(H,24,26)/b7-4+/t23-/m0/s1. The molecule has 2 aromatic rings. The first kappa shape index (κ1) is 18.4. The molecule has 1 aliphatic carbocycles. The summed E-state index contributed by atoms with van der Waals surface area (Å²) in [4.78, 5) is 26.8. The minimum Gasteiger partial charge on any atom is -0.338 e. The molecule has 1 saturated heterocycles. The second kappa shape index (κ2) is 7.60. The lowest BCUT2D eigenvalue weighted by Gasteiger charge is -2.33. The molecule has 5 nitrogen and oxygen atoms in total. The van der Waals surface area contributed by atoms with Crippen molar-refractivity contribution in [2.75, 3.05) is 13.1 Å². The molecule has 2 aliphatic rings. The van der Waals surface area contributed by atoms with Crippen LogP contribution in [0.1, 0.15) is 39.9 Å². The summed E-state index contributed by atoms with van der Waals surface area (Å²) in [5, 5.41) is 8.87. The van der Waals surface area contributed by atoms with E-state index in [2.05, 4.69) is 0 Å². The molecule has 0 aromatic heterocycles. The van der Waals surface area contributed by atoms with Crippen LogP contribution in [0.2, 0.25) is 0 Å². The number of carbonyl (C=O) groups excluding carboxylic acids is 2. The zero-order valence-electron chi connectivity index (χ0n) is 15.7. The summed E-state index contributed by atoms with van der Waals surface area (Å²) in [6, 6.07) is 15.5. The first-order valence-electron chi connectivity index (χ1n) is 9.68. The van der Waals surface area contributed by atoms with E-state index in [4.69, 9.17) is 5.21 Å². The van der Waals surface area contributed by atoms with E-state index < -0.39 is 5.91 Å². The molecule has 0 bridgehead atoms. The zero-order chi connectivity index (χ0) is 19.6. The van der Waals surface area contributed by atoms with Crippen molar-refractivity contribution in [3.8, 4) is 0 Å². The van der Waals surface area contributed by atoms with Crippen molar-refractivity contribution in [3.05, 3.63) is 76.9 Å². The first-order chi connectivity index (χ1) is 13.6. The number of hydroxylamine groups is 1. The van der Waals surface area contributed by atoms with Crippen molar-refractivity contribution >= 4 is 17.9 Å². The van der Waals surface area contributed by atoms with E-state index in [1.807, 2.05) is 59.5 Å². The Balaban J connectivity index is 1.47. The molecule has 0 radical (unpaired) electrons. The Bertz CT molecular complexity index is 923. The van der Waals surface area contributed by atoms with Gasteiger partial charge in [0, 0.05) is 18.7 Å². The Hall–Kier alpha value is -2.92. The summed E-state index contributed by atoms with van der Waals surface area (Å²) in [6.07, 6.45) is 7.30. The number of likely N-dealkylation sites (tertiary alicyclic amines) is 1. The number of hydrogen-bond acceptors (Lipinski definition) is 3. The normalized spacial score (nSPS) is 21.3. The Morgan fingerprint density at radius 1 is 1.14 bits per heavy atom. The van der Waals surface area contributed by atoms with Gasteiger partial charge in [-0.15, -0.1) is 0 Å². The van der Waals surface area contributed by atoms with Gasteiger partial charge in [0.2, 0.25) is 5.91 Å². The number of carbonyl (C=O) groups is 2. The van der Waals surface area contributed by atoms with Crippen molar-refractivity contribution in [2.45, 2.75) is 25.7 Å². The smallest absolute Gasteiger partial charge is 0.274 e. The maximum absolute atomic E-state index is 13.2. The molecular weight excluding hydrogens is 352 g/mol. The first-order valence-corrected chi connectivity index (χ1v) is 9.68. The molecule has 0 saturated carbocycles. The Labute approximate surface area is 164 Å². The molecule has 1 aliphatic heterocycles. The van der Waals surface area contributed by atoms with E-state index in [1.165, 1.54) is 5.56 Å². The Kier molecular flexibility index (Phi) is 5.01. The van der Waals surface area contributed by atoms with Gasteiger partial charge in [-0.05, 0) is 54.5 Å². The third-order valence-corrected chi connectivity index (χ3v) is 6.01. The van der Waals surface area contributed by atoms with Crippen molar-refractivity contribution in [1.29, 1.82) is 0 Å². The number of nitrogens with one attached hydrogen (secondary N) is 1. The molecular formula is C23H24N2O3. The number of fused-ring (bicyclic) bond motifs is 1. The van der Waals surface area contributed by atoms with Crippen LogP contribution in [0.15, 0.2) is 54.6 Å². The average Bonchev–Trinajstić information content (AvgIpc) is 3.03. The fourth-order valence-corrected chi connectivity index (χ4v) is 4.41. The topological polar surface area (TPSA) is 69.6 Å². The van der Waals surface area contributed by atoms with Gasteiger partial charge in [-0.3, -0.25) is 14.8 Å². The third kappa shape index (κ3) is 3.45. The number of benzene rings is 2. The minimum absolute atomic E-state index is 0.216. The molecule has 2 N–H and O–H groups in total.